The molecule has 0 fully saturated rings. The van der Waals surface area contributed by atoms with Crippen molar-refractivity contribution in [3.05, 3.63) is 58.0 Å². The summed E-state index contributed by atoms with van der Waals surface area (Å²) >= 11 is 0. The number of rotatable bonds is 4. The molecule has 2 aromatic rings. The van der Waals surface area contributed by atoms with E-state index < -0.39 is 10.0 Å². The molecule has 1 amide bonds. The molecule has 1 aromatic heterocycles. The van der Waals surface area contributed by atoms with E-state index in [2.05, 4.69) is 10.0 Å². The van der Waals surface area contributed by atoms with E-state index in [9.17, 15) is 18.0 Å². The first-order valence-corrected chi connectivity index (χ1v) is 8.41. The first-order chi connectivity index (χ1) is 10.8. The number of hydrogen-bond acceptors (Lipinski definition) is 4. The van der Waals surface area contributed by atoms with Gasteiger partial charge in [-0.05, 0) is 29.3 Å². The van der Waals surface area contributed by atoms with Gasteiger partial charge in [-0.2, -0.15) is 0 Å². The van der Waals surface area contributed by atoms with Gasteiger partial charge in [0.25, 0.3) is 0 Å². The zero-order chi connectivity index (χ0) is 16.6. The standard InChI is InChI=1S/C15H15N3O4S/c1-18-9-10(2-5-15(18)20)8-16-23(21,22)12-3-4-13-11(6-12)7-14(19)17-13/h2-6,9,16H,7-8H2,1H3,(H,17,19). The molecule has 0 saturated heterocycles. The van der Waals surface area contributed by atoms with E-state index in [0.717, 1.165) is 0 Å². The molecule has 0 saturated carbocycles. The smallest absolute Gasteiger partial charge is 0.250 e. The van der Waals surface area contributed by atoms with Crippen LogP contribution >= 0.6 is 0 Å². The monoisotopic (exact) mass is 333 g/mol. The highest BCUT2D eigenvalue weighted by Gasteiger charge is 2.21. The first kappa shape index (κ1) is 15.4. The quantitative estimate of drug-likeness (QED) is 0.844. The molecule has 1 aromatic carbocycles. The predicted octanol–water partition coefficient (Wildman–Crippen LogP) is 0.358. The number of aromatic nitrogens is 1. The van der Waals surface area contributed by atoms with Gasteiger partial charge in [0.1, 0.15) is 0 Å². The van der Waals surface area contributed by atoms with Crippen LogP contribution in [0.2, 0.25) is 0 Å². The van der Waals surface area contributed by atoms with E-state index in [0.29, 0.717) is 16.8 Å². The summed E-state index contributed by atoms with van der Waals surface area (Å²) in [5, 5.41) is 2.66. The van der Waals surface area contributed by atoms with Gasteiger partial charge in [-0.1, -0.05) is 6.07 Å². The van der Waals surface area contributed by atoms with Crippen LogP contribution in [0.3, 0.4) is 0 Å². The number of aryl methyl sites for hydroxylation is 1. The summed E-state index contributed by atoms with van der Waals surface area (Å²) in [6.07, 6.45) is 1.76. The lowest BCUT2D eigenvalue weighted by Crippen LogP contribution is -2.24. The number of anilines is 1. The minimum Gasteiger partial charge on any atom is -0.326 e. The normalized spacial score (nSPS) is 13.7. The number of nitrogens with one attached hydrogen (secondary N) is 2. The summed E-state index contributed by atoms with van der Waals surface area (Å²) in [6, 6.07) is 7.50. The van der Waals surface area contributed by atoms with E-state index in [1.165, 1.54) is 22.8 Å². The highest BCUT2D eigenvalue weighted by molar-refractivity contribution is 7.89. The molecule has 120 valence electrons. The van der Waals surface area contributed by atoms with Gasteiger partial charge in [-0.15, -0.1) is 0 Å². The first-order valence-electron chi connectivity index (χ1n) is 6.93. The number of carbonyl (C=O) groups is 1. The summed E-state index contributed by atoms with van der Waals surface area (Å²) < 4.78 is 28.6. The topological polar surface area (TPSA) is 97.3 Å². The fraction of sp³-hybridized carbons (Fsp3) is 0.200. The third-order valence-electron chi connectivity index (χ3n) is 3.63. The van der Waals surface area contributed by atoms with Crippen molar-refractivity contribution in [3.8, 4) is 0 Å². The Morgan fingerprint density at radius 3 is 2.74 bits per heavy atom. The van der Waals surface area contributed by atoms with E-state index in [-0.39, 0.29) is 29.3 Å². The highest BCUT2D eigenvalue weighted by Crippen LogP contribution is 2.25. The Hall–Kier alpha value is -2.45. The van der Waals surface area contributed by atoms with Crippen LogP contribution in [0, 0.1) is 0 Å². The zero-order valence-corrected chi connectivity index (χ0v) is 13.2. The van der Waals surface area contributed by atoms with Crippen LogP contribution in [-0.4, -0.2) is 18.9 Å². The van der Waals surface area contributed by atoms with Crippen molar-refractivity contribution in [1.82, 2.24) is 9.29 Å². The number of amides is 1. The molecule has 3 rings (SSSR count). The fourth-order valence-electron chi connectivity index (χ4n) is 2.39. The van der Waals surface area contributed by atoms with Crippen LogP contribution in [0.4, 0.5) is 5.69 Å². The Kier molecular flexibility index (Phi) is 3.78. The second-order valence-corrected chi connectivity index (χ2v) is 7.12. The van der Waals surface area contributed by atoms with E-state index in [4.69, 9.17) is 0 Å². The minimum atomic E-state index is -3.70. The van der Waals surface area contributed by atoms with Gasteiger partial charge in [-0.25, -0.2) is 13.1 Å². The fourth-order valence-corrected chi connectivity index (χ4v) is 3.46. The van der Waals surface area contributed by atoms with Crippen LogP contribution in [0.25, 0.3) is 0 Å². The molecule has 23 heavy (non-hydrogen) atoms. The molecule has 0 aliphatic carbocycles. The predicted molar refractivity (Wildman–Crippen MR) is 84.5 cm³/mol. The number of hydrogen-bond donors (Lipinski definition) is 2. The number of sulfonamides is 1. The average molecular weight is 333 g/mol. The lowest BCUT2D eigenvalue weighted by molar-refractivity contribution is -0.115. The van der Waals surface area contributed by atoms with Gasteiger partial charge >= 0.3 is 0 Å². The lowest BCUT2D eigenvalue weighted by Gasteiger charge is -2.09. The van der Waals surface area contributed by atoms with Crippen molar-refractivity contribution in [2.45, 2.75) is 17.9 Å². The Bertz CT molecular complexity index is 947. The third kappa shape index (κ3) is 3.17. The molecule has 0 spiro atoms. The maximum absolute atomic E-state index is 12.4. The number of benzene rings is 1. The van der Waals surface area contributed by atoms with Crippen molar-refractivity contribution < 1.29 is 13.2 Å². The molecule has 0 bridgehead atoms. The average Bonchev–Trinajstić information content (AvgIpc) is 2.87. The maximum Gasteiger partial charge on any atom is 0.250 e. The minimum absolute atomic E-state index is 0.0741. The summed E-state index contributed by atoms with van der Waals surface area (Å²) in [5.74, 6) is -0.146. The Morgan fingerprint density at radius 2 is 2.00 bits per heavy atom. The molecule has 0 atom stereocenters. The molecular formula is C15H15N3O4S. The van der Waals surface area contributed by atoms with Gasteiger partial charge < -0.3 is 9.88 Å². The van der Waals surface area contributed by atoms with E-state index >= 15 is 0 Å². The molecule has 2 N–H and O–H groups in total. The zero-order valence-electron chi connectivity index (χ0n) is 12.4. The second kappa shape index (κ2) is 5.64. The molecule has 1 aliphatic rings. The van der Waals surface area contributed by atoms with Crippen LogP contribution in [0.5, 0.6) is 0 Å². The van der Waals surface area contributed by atoms with Crippen LogP contribution in [0.1, 0.15) is 11.1 Å². The summed E-state index contributed by atoms with van der Waals surface area (Å²) in [7, 11) is -2.09. The van der Waals surface area contributed by atoms with Crippen LogP contribution in [0.15, 0.2) is 46.2 Å². The van der Waals surface area contributed by atoms with Gasteiger partial charge in [0.05, 0.1) is 11.3 Å². The van der Waals surface area contributed by atoms with Crippen molar-refractivity contribution in [2.75, 3.05) is 5.32 Å². The summed E-state index contributed by atoms with van der Waals surface area (Å²) in [6.45, 7) is 0.0741. The van der Waals surface area contributed by atoms with Gasteiger partial charge in [0.2, 0.25) is 21.5 Å². The maximum atomic E-state index is 12.4. The summed E-state index contributed by atoms with van der Waals surface area (Å²) in [5.41, 5.74) is 1.83. The number of nitrogens with zero attached hydrogens (tertiary/aromatic N) is 1. The molecule has 0 radical (unpaired) electrons. The van der Waals surface area contributed by atoms with Crippen molar-refractivity contribution in [2.24, 2.45) is 7.05 Å². The Labute approximate surface area is 133 Å². The van der Waals surface area contributed by atoms with Crippen molar-refractivity contribution in [1.29, 1.82) is 0 Å². The Morgan fingerprint density at radius 1 is 1.22 bits per heavy atom. The molecular weight excluding hydrogens is 318 g/mol. The van der Waals surface area contributed by atoms with Crippen LogP contribution < -0.4 is 15.6 Å². The van der Waals surface area contributed by atoms with E-state index in [1.807, 2.05) is 0 Å². The van der Waals surface area contributed by atoms with Gasteiger partial charge in [0.15, 0.2) is 0 Å². The molecule has 8 heteroatoms. The Balaban J connectivity index is 1.79. The largest absolute Gasteiger partial charge is 0.326 e. The second-order valence-electron chi connectivity index (χ2n) is 5.35. The van der Waals surface area contributed by atoms with E-state index in [1.54, 1.807) is 25.4 Å². The van der Waals surface area contributed by atoms with Crippen LogP contribution in [-0.2, 0) is 34.8 Å². The molecule has 7 nitrogen and oxygen atoms in total. The van der Waals surface area contributed by atoms with Gasteiger partial charge in [-0.3, -0.25) is 9.59 Å². The SMILES string of the molecule is Cn1cc(CNS(=O)(=O)c2ccc3c(c2)CC(=O)N3)ccc1=O. The lowest BCUT2D eigenvalue weighted by atomic mass is 10.2. The van der Waals surface area contributed by atoms with Crippen molar-refractivity contribution >= 4 is 21.6 Å². The van der Waals surface area contributed by atoms with Crippen molar-refractivity contribution in [3.63, 3.8) is 0 Å². The number of fused-ring (bicyclic) bond motifs is 1. The molecule has 2 heterocycles. The highest BCUT2D eigenvalue weighted by atomic mass is 32.2. The number of pyridine rings is 1. The molecule has 0 unspecified atom stereocenters. The number of carbonyl (C=O) groups excluding carboxylic acids is 1. The van der Waals surface area contributed by atoms with Gasteiger partial charge in [0, 0.05) is 31.5 Å². The third-order valence-corrected chi connectivity index (χ3v) is 5.02. The molecule has 1 aliphatic heterocycles. The summed E-state index contributed by atoms with van der Waals surface area (Å²) in [4.78, 5) is 22.8.